The van der Waals surface area contributed by atoms with Gasteiger partial charge in [-0.1, -0.05) is 97.9 Å². The summed E-state index contributed by atoms with van der Waals surface area (Å²) in [5, 5.41) is 0. The Morgan fingerprint density at radius 1 is 0.833 bits per heavy atom. The van der Waals surface area contributed by atoms with E-state index in [1.807, 2.05) is 60.7 Å². The van der Waals surface area contributed by atoms with Gasteiger partial charge in [-0.05, 0) is 35.1 Å². The Morgan fingerprint density at radius 3 is 1.70 bits per heavy atom. The molecule has 0 spiro atoms. The van der Waals surface area contributed by atoms with Crippen molar-refractivity contribution in [3.63, 3.8) is 0 Å². The normalized spacial score (nSPS) is 17.0. The molecule has 0 aliphatic carbocycles. The lowest BCUT2D eigenvalue weighted by atomic mass is 9.80. The SMILES string of the molecule is C[C@@H](CCOC(c1ccccc1)(c1ccccc1)c1ccccc1)[C@H]1C=CC(=O)O1. The van der Waals surface area contributed by atoms with Crippen LogP contribution in [0.15, 0.2) is 103 Å². The second-order valence-corrected chi connectivity index (χ2v) is 7.65. The third-order valence-electron chi connectivity index (χ3n) is 5.67. The van der Waals surface area contributed by atoms with E-state index in [1.54, 1.807) is 0 Å². The topological polar surface area (TPSA) is 35.5 Å². The summed E-state index contributed by atoms with van der Waals surface area (Å²) in [6.07, 6.45) is 3.94. The summed E-state index contributed by atoms with van der Waals surface area (Å²) in [6, 6.07) is 31.0. The standard InChI is InChI=1S/C27H26O3/c1-21(25-17-18-26(28)30-25)19-20-29-27(22-11-5-2-6-12-22,23-13-7-3-8-14-23)24-15-9-4-10-16-24/h2-18,21,25H,19-20H2,1H3/t21-,25+/m0/s1. The van der Waals surface area contributed by atoms with Crippen molar-refractivity contribution in [2.75, 3.05) is 6.61 Å². The van der Waals surface area contributed by atoms with Gasteiger partial charge in [-0.25, -0.2) is 4.79 Å². The largest absolute Gasteiger partial charge is 0.455 e. The molecule has 0 bridgehead atoms. The molecule has 0 fully saturated rings. The molecule has 3 nitrogen and oxygen atoms in total. The second kappa shape index (κ2) is 9.10. The molecule has 0 N–H and O–H groups in total. The molecule has 4 rings (SSSR count). The molecule has 3 aromatic rings. The van der Waals surface area contributed by atoms with Crippen LogP contribution in [0.4, 0.5) is 0 Å². The van der Waals surface area contributed by atoms with Crippen LogP contribution in [0.2, 0.25) is 0 Å². The molecule has 0 saturated carbocycles. The molecule has 0 amide bonds. The Morgan fingerprint density at radius 2 is 1.30 bits per heavy atom. The van der Waals surface area contributed by atoms with Crippen LogP contribution in [0.1, 0.15) is 30.0 Å². The molecule has 3 aromatic carbocycles. The first-order valence-corrected chi connectivity index (χ1v) is 10.4. The van der Waals surface area contributed by atoms with Gasteiger partial charge in [0.05, 0.1) is 0 Å². The minimum Gasteiger partial charge on any atom is -0.455 e. The molecule has 1 aliphatic rings. The number of hydrogen-bond donors (Lipinski definition) is 0. The number of cyclic esters (lactones) is 1. The van der Waals surface area contributed by atoms with E-state index in [0.717, 1.165) is 23.1 Å². The monoisotopic (exact) mass is 398 g/mol. The van der Waals surface area contributed by atoms with Crippen molar-refractivity contribution in [1.29, 1.82) is 0 Å². The molecule has 2 atom stereocenters. The summed E-state index contributed by atoms with van der Waals surface area (Å²) < 4.78 is 12.1. The first-order chi connectivity index (χ1) is 14.7. The van der Waals surface area contributed by atoms with Crippen LogP contribution in [0.25, 0.3) is 0 Å². The quantitative estimate of drug-likeness (QED) is 0.371. The number of hydrogen-bond acceptors (Lipinski definition) is 3. The third kappa shape index (κ3) is 4.07. The average molecular weight is 399 g/mol. The molecule has 152 valence electrons. The maximum absolute atomic E-state index is 11.4. The molecule has 1 heterocycles. The zero-order valence-electron chi connectivity index (χ0n) is 17.1. The Labute approximate surface area is 178 Å². The fraction of sp³-hybridized carbons (Fsp3) is 0.222. The lowest BCUT2D eigenvalue weighted by molar-refractivity contribution is -0.140. The van der Waals surface area contributed by atoms with E-state index in [9.17, 15) is 4.79 Å². The van der Waals surface area contributed by atoms with E-state index in [-0.39, 0.29) is 18.0 Å². The Kier molecular flexibility index (Phi) is 6.10. The highest BCUT2D eigenvalue weighted by Gasteiger charge is 2.37. The molecular weight excluding hydrogens is 372 g/mol. The van der Waals surface area contributed by atoms with Gasteiger partial charge in [0.25, 0.3) is 0 Å². The molecule has 0 aromatic heterocycles. The van der Waals surface area contributed by atoms with Gasteiger partial charge in [0.1, 0.15) is 11.7 Å². The van der Waals surface area contributed by atoms with E-state index in [4.69, 9.17) is 9.47 Å². The van der Waals surface area contributed by atoms with Gasteiger partial charge in [-0.2, -0.15) is 0 Å². The maximum Gasteiger partial charge on any atom is 0.331 e. The number of benzene rings is 3. The fourth-order valence-corrected chi connectivity index (χ4v) is 4.02. The van der Waals surface area contributed by atoms with Crippen LogP contribution >= 0.6 is 0 Å². The molecule has 0 unspecified atom stereocenters. The Balaban J connectivity index is 1.68. The first-order valence-electron chi connectivity index (χ1n) is 10.4. The van der Waals surface area contributed by atoms with Crippen molar-refractivity contribution in [2.24, 2.45) is 5.92 Å². The van der Waals surface area contributed by atoms with Gasteiger partial charge in [0.15, 0.2) is 0 Å². The highest BCUT2D eigenvalue weighted by molar-refractivity contribution is 5.84. The highest BCUT2D eigenvalue weighted by atomic mass is 16.5. The number of carbonyl (C=O) groups excluding carboxylic acids is 1. The predicted molar refractivity (Wildman–Crippen MR) is 118 cm³/mol. The van der Waals surface area contributed by atoms with Crippen LogP contribution in [-0.4, -0.2) is 18.7 Å². The Bertz CT molecular complexity index is 884. The van der Waals surface area contributed by atoms with Crippen molar-refractivity contribution >= 4 is 5.97 Å². The van der Waals surface area contributed by atoms with Gasteiger partial charge in [0, 0.05) is 12.7 Å². The van der Waals surface area contributed by atoms with E-state index >= 15 is 0 Å². The van der Waals surface area contributed by atoms with Crippen molar-refractivity contribution in [2.45, 2.75) is 25.0 Å². The minimum absolute atomic E-state index is 0.174. The maximum atomic E-state index is 11.4. The average Bonchev–Trinajstić information content (AvgIpc) is 3.25. The summed E-state index contributed by atoms with van der Waals surface area (Å²) in [7, 11) is 0. The smallest absolute Gasteiger partial charge is 0.331 e. The van der Waals surface area contributed by atoms with Crippen molar-refractivity contribution in [3.8, 4) is 0 Å². The Hall–Kier alpha value is -3.17. The van der Waals surface area contributed by atoms with Crippen LogP contribution in [0, 0.1) is 5.92 Å². The zero-order valence-corrected chi connectivity index (χ0v) is 17.1. The zero-order chi connectivity index (χ0) is 20.8. The van der Waals surface area contributed by atoms with Gasteiger partial charge < -0.3 is 9.47 Å². The van der Waals surface area contributed by atoms with Crippen LogP contribution in [0.3, 0.4) is 0 Å². The van der Waals surface area contributed by atoms with Crippen molar-refractivity contribution < 1.29 is 14.3 Å². The van der Waals surface area contributed by atoms with Crippen LogP contribution < -0.4 is 0 Å². The molecule has 1 aliphatic heterocycles. The molecule has 0 saturated heterocycles. The first kappa shape index (κ1) is 20.1. The fourth-order valence-electron chi connectivity index (χ4n) is 4.02. The van der Waals surface area contributed by atoms with E-state index in [2.05, 4.69) is 43.3 Å². The molecule has 0 radical (unpaired) electrons. The third-order valence-corrected chi connectivity index (χ3v) is 5.67. The highest BCUT2D eigenvalue weighted by Crippen LogP contribution is 2.40. The van der Waals surface area contributed by atoms with E-state index in [0.29, 0.717) is 6.61 Å². The van der Waals surface area contributed by atoms with E-state index in [1.165, 1.54) is 6.08 Å². The summed E-state index contributed by atoms with van der Waals surface area (Å²) in [5.41, 5.74) is 2.54. The molecular formula is C27H26O3. The van der Waals surface area contributed by atoms with Crippen molar-refractivity contribution in [1.82, 2.24) is 0 Å². The molecule has 3 heteroatoms. The van der Waals surface area contributed by atoms with Crippen LogP contribution in [0.5, 0.6) is 0 Å². The number of carbonyl (C=O) groups is 1. The second-order valence-electron chi connectivity index (χ2n) is 7.65. The lowest BCUT2D eigenvalue weighted by Crippen LogP contribution is -2.34. The van der Waals surface area contributed by atoms with Gasteiger partial charge in [-0.3, -0.25) is 0 Å². The van der Waals surface area contributed by atoms with Crippen molar-refractivity contribution in [3.05, 3.63) is 120 Å². The summed E-state index contributed by atoms with van der Waals surface area (Å²) in [4.78, 5) is 11.4. The summed E-state index contributed by atoms with van der Waals surface area (Å²) >= 11 is 0. The van der Waals surface area contributed by atoms with Gasteiger partial charge in [0.2, 0.25) is 0 Å². The summed E-state index contributed by atoms with van der Waals surface area (Å²) in [6.45, 7) is 2.62. The van der Waals surface area contributed by atoms with E-state index < -0.39 is 5.60 Å². The predicted octanol–water partition coefficient (Wildman–Crippen LogP) is 5.50. The summed E-state index contributed by atoms with van der Waals surface area (Å²) in [5.74, 6) is -0.0901. The lowest BCUT2D eigenvalue weighted by Gasteiger charge is -2.36. The number of esters is 1. The molecule has 30 heavy (non-hydrogen) atoms. The van der Waals surface area contributed by atoms with Gasteiger partial charge >= 0.3 is 5.97 Å². The van der Waals surface area contributed by atoms with Crippen LogP contribution in [-0.2, 0) is 19.9 Å². The number of ether oxygens (including phenoxy) is 2. The minimum atomic E-state index is -0.717. The number of rotatable bonds is 8. The van der Waals surface area contributed by atoms with Gasteiger partial charge in [-0.15, -0.1) is 0 Å².